The molecule has 3 heteroatoms. The van der Waals surface area contributed by atoms with Crippen molar-refractivity contribution in [3.63, 3.8) is 0 Å². The summed E-state index contributed by atoms with van der Waals surface area (Å²) in [6.45, 7) is 2.11. The van der Waals surface area contributed by atoms with Crippen molar-refractivity contribution in [1.29, 1.82) is 0 Å². The van der Waals surface area contributed by atoms with Crippen molar-refractivity contribution in [3.8, 4) is 0 Å². The van der Waals surface area contributed by atoms with Gasteiger partial charge in [0.1, 0.15) is 5.37 Å². The van der Waals surface area contributed by atoms with Crippen LogP contribution in [0.1, 0.15) is 16.6 Å². The quantitative estimate of drug-likeness (QED) is 0.807. The number of nitrogens with zero attached hydrogens (tertiary/aromatic N) is 1. The average molecular weight is 228 g/mol. The molecule has 1 aromatic carbocycles. The summed E-state index contributed by atoms with van der Waals surface area (Å²) in [4.78, 5) is 5.69. The first-order valence-electron chi connectivity index (χ1n) is 5.28. The summed E-state index contributed by atoms with van der Waals surface area (Å²) < 4.78 is 0. The van der Waals surface area contributed by atoms with Crippen molar-refractivity contribution < 1.29 is 0 Å². The molecule has 2 aromatic rings. The molecule has 80 valence electrons. The number of pyridine rings is 1. The van der Waals surface area contributed by atoms with Gasteiger partial charge in [-0.2, -0.15) is 0 Å². The molecule has 0 bridgehead atoms. The number of thioether (sulfide) groups is 1. The number of rotatable bonds is 1. The molecular formula is C13H12N2S. The Hall–Kier alpha value is -1.48. The van der Waals surface area contributed by atoms with Crippen molar-refractivity contribution in [2.75, 3.05) is 5.32 Å². The van der Waals surface area contributed by atoms with Crippen LogP contribution < -0.4 is 5.32 Å². The van der Waals surface area contributed by atoms with Gasteiger partial charge in [0.2, 0.25) is 0 Å². The van der Waals surface area contributed by atoms with Gasteiger partial charge in [0, 0.05) is 16.8 Å². The Kier molecular flexibility index (Phi) is 2.33. The minimum atomic E-state index is 0.248. The fourth-order valence-electron chi connectivity index (χ4n) is 1.82. The van der Waals surface area contributed by atoms with E-state index in [-0.39, 0.29) is 5.37 Å². The second-order valence-electron chi connectivity index (χ2n) is 3.90. The molecule has 0 saturated heterocycles. The Morgan fingerprint density at radius 2 is 2.19 bits per heavy atom. The molecule has 1 unspecified atom stereocenters. The fraction of sp³-hybridized carbons (Fsp3) is 0.154. The molecule has 1 aromatic heterocycles. The standard InChI is InChI=1S/C13H12N2S/c1-9-5-6-12-11(8-9)15-13(16-12)10-4-2-3-7-14-10/h2-8,13,15H,1H3. The van der Waals surface area contributed by atoms with Crippen LogP contribution in [0.5, 0.6) is 0 Å². The van der Waals surface area contributed by atoms with Gasteiger partial charge >= 0.3 is 0 Å². The second kappa shape index (κ2) is 3.83. The van der Waals surface area contributed by atoms with Gasteiger partial charge in [0.05, 0.1) is 5.69 Å². The predicted octanol–water partition coefficient (Wildman–Crippen LogP) is 3.61. The van der Waals surface area contributed by atoms with Crippen LogP contribution >= 0.6 is 11.8 Å². The highest BCUT2D eigenvalue weighted by Crippen LogP contribution is 2.45. The zero-order valence-corrected chi connectivity index (χ0v) is 9.79. The third-order valence-corrected chi connectivity index (χ3v) is 3.83. The van der Waals surface area contributed by atoms with E-state index in [9.17, 15) is 0 Å². The lowest BCUT2D eigenvalue weighted by Crippen LogP contribution is -2.02. The minimum absolute atomic E-state index is 0.248. The predicted molar refractivity (Wildman–Crippen MR) is 67.6 cm³/mol. The van der Waals surface area contributed by atoms with E-state index in [1.54, 1.807) is 0 Å². The van der Waals surface area contributed by atoms with Crippen molar-refractivity contribution in [3.05, 3.63) is 53.9 Å². The van der Waals surface area contributed by atoms with Gasteiger partial charge < -0.3 is 5.32 Å². The highest BCUT2D eigenvalue weighted by Gasteiger charge is 2.23. The smallest absolute Gasteiger partial charge is 0.120 e. The maximum absolute atomic E-state index is 4.38. The molecule has 0 saturated carbocycles. The number of hydrogen-bond acceptors (Lipinski definition) is 3. The molecule has 1 aliphatic rings. The van der Waals surface area contributed by atoms with Crippen LogP contribution in [0.2, 0.25) is 0 Å². The van der Waals surface area contributed by atoms with Gasteiger partial charge in [-0.1, -0.05) is 23.9 Å². The highest BCUT2D eigenvalue weighted by atomic mass is 32.2. The fourth-order valence-corrected chi connectivity index (χ4v) is 2.91. The monoisotopic (exact) mass is 228 g/mol. The summed E-state index contributed by atoms with van der Waals surface area (Å²) in [5.41, 5.74) is 3.59. The van der Waals surface area contributed by atoms with E-state index in [0.29, 0.717) is 0 Å². The molecule has 0 amide bonds. The number of anilines is 1. The molecule has 0 spiro atoms. The molecular weight excluding hydrogens is 216 g/mol. The molecule has 16 heavy (non-hydrogen) atoms. The number of benzene rings is 1. The number of aryl methyl sites for hydroxylation is 1. The first-order chi connectivity index (χ1) is 7.83. The Morgan fingerprint density at radius 1 is 1.25 bits per heavy atom. The van der Waals surface area contributed by atoms with E-state index >= 15 is 0 Å². The molecule has 1 N–H and O–H groups in total. The van der Waals surface area contributed by atoms with Crippen LogP contribution in [0.3, 0.4) is 0 Å². The van der Waals surface area contributed by atoms with Gasteiger partial charge in [-0.3, -0.25) is 4.98 Å². The summed E-state index contributed by atoms with van der Waals surface area (Å²) in [5, 5.41) is 3.74. The van der Waals surface area contributed by atoms with Crippen molar-refractivity contribution >= 4 is 17.4 Å². The van der Waals surface area contributed by atoms with Crippen LogP contribution in [0, 0.1) is 6.92 Å². The molecule has 1 aliphatic heterocycles. The van der Waals surface area contributed by atoms with E-state index in [0.717, 1.165) is 5.69 Å². The van der Waals surface area contributed by atoms with Crippen molar-refractivity contribution in [2.24, 2.45) is 0 Å². The Balaban J connectivity index is 1.91. The Morgan fingerprint density at radius 3 is 3.00 bits per heavy atom. The maximum atomic E-state index is 4.38. The molecule has 1 atom stereocenters. The Bertz CT molecular complexity index is 511. The largest absolute Gasteiger partial charge is 0.367 e. The lowest BCUT2D eigenvalue weighted by molar-refractivity contribution is 1.03. The summed E-state index contributed by atoms with van der Waals surface area (Å²) in [6, 6.07) is 12.5. The number of fused-ring (bicyclic) bond motifs is 1. The molecule has 0 aliphatic carbocycles. The van der Waals surface area contributed by atoms with Crippen molar-refractivity contribution in [1.82, 2.24) is 4.98 Å². The second-order valence-corrected chi connectivity index (χ2v) is 5.04. The zero-order chi connectivity index (χ0) is 11.0. The van der Waals surface area contributed by atoms with Crippen LogP contribution in [0.25, 0.3) is 0 Å². The van der Waals surface area contributed by atoms with Crippen LogP contribution in [0.15, 0.2) is 47.5 Å². The van der Waals surface area contributed by atoms with Crippen LogP contribution in [-0.2, 0) is 0 Å². The van der Waals surface area contributed by atoms with Gasteiger partial charge in [-0.05, 0) is 36.8 Å². The van der Waals surface area contributed by atoms with Crippen LogP contribution in [0.4, 0.5) is 5.69 Å². The van der Waals surface area contributed by atoms with E-state index in [1.165, 1.54) is 16.1 Å². The molecule has 2 heterocycles. The van der Waals surface area contributed by atoms with Crippen LogP contribution in [-0.4, -0.2) is 4.98 Å². The van der Waals surface area contributed by atoms with E-state index in [4.69, 9.17) is 0 Å². The van der Waals surface area contributed by atoms with Gasteiger partial charge in [-0.15, -0.1) is 0 Å². The lowest BCUT2D eigenvalue weighted by atomic mass is 10.2. The number of hydrogen-bond donors (Lipinski definition) is 1. The third kappa shape index (κ3) is 1.67. The van der Waals surface area contributed by atoms with Gasteiger partial charge in [0.25, 0.3) is 0 Å². The molecule has 2 nitrogen and oxygen atoms in total. The zero-order valence-electron chi connectivity index (χ0n) is 8.97. The number of nitrogens with one attached hydrogen (secondary N) is 1. The molecule has 0 fully saturated rings. The Labute approximate surface area is 99.1 Å². The maximum Gasteiger partial charge on any atom is 0.120 e. The summed E-state index contributed by atoms with van der Waals surface area (Å²) >= 11 is 1.82. The first kappa shape index (κ1) is 9.73. The summed E-state index contributed by atoms with van der Waals surface area (Å²) in [6.07, 6.45) is 1.84. The lowest BCUT2D eigenvalue weighted by Gasteiger charge is -2.08. The molecule has 0 radical (unpaired) electrons. The normalized spacial score (nSPS) is 17.9. The summed E-state index contributed by atoms with van der Waals surface area (Å²) in [7, 11) is 0. The SMILES string of the molecule is Cc1ccc2c(c1)NC(c1ccccn1)S2. The average Bonchev–Trinajstić information content (AvgIpc) is 2.73. The topological polar surface area (TPSA) is 24.9 Å². The van der Waals surface area contributed by atoms with Gasteiger partial charge in [0.15, 0.2) is 0 Å². The third-order valence-electron chi connectivity index (χ3n) is 2.62. The van der Waals surface area contributed by atoms with E-state index in [2.05, 4.69) is 41.5 Å². The first-order valence-corrected chi connectivity index (χ1v) is 6.16. The van der Waals surface area contributed by atoms with Crippen molar-refractivity contribution in [2.45, 2.75) is 17.2 Å². The molecule has 3 rings (SSSR count). The van der Waals surface area contributed by atoms with Gasteiger partial charge in [-0.25, -0.2) is 0 Å². The summed E-state index contributed by atoms with van der Waals surface area (Å²) in [5.74, 6) is 0. The highest BCUT2D eigenvalue weighted by molar-refractivity contribution is 8.00. The minimum Gasteiger partial charge on any atom is -0.367 e. The number of aromatic nitrogens is 1. The van der Waals surface area contributed by atoms with E-state index in [1.807, 2.05) is 30.1 Å². The van der Waals surface area contributed by atoms with E-state index < -0.39 is 0 Å².